The summed E-state index contributed by atoms with van der Waals surface area (Å²) in [4.78, 5) is 28.0. The monoisotopic (exact) mass is 566 g/mol. The van der Waals surface area contributed by atoms with Gasteiger partial charge in [-0.05, 0) is 85.5 Å². The number of halogens is 2. The van der Waals surface area contributed by atoms with Gasteiger partial charge in [0.2, 0.25) is 0 Å². The Morgan fingerprint density at radius 2 is 1.57 bits per heavy atom. The molecule has 0 spiro atoms. The van der Waals surface area contributed by atoms with E-state index in [1.54, 1.807) is 41.4 Å². The van der Waals surface area contributed by atoms with Gasteiger partial charge in [0.1, 0.15) is 29.2 Å². The van der Waals surface area contributed by atoms with Crippen LogP contribution in [0.4, 0.5) is 8.78 Å². The number of carbonyl (C=O) groups is 1. The molecule has 2 aliphatic heterocycles. The van der Waals surface area contributed by atoms with E-state index >= 15 is 0 Å². The Kier molecular flexibility index (Phi) is 8.06. The lowest BCUT2D eigenvalue weighted by Crippen LogP contribution is -2.44. The van der Waals surface area contributed by atoms with Gasteiger partial charge in [-0.25, -0.2) is 13.8 Å². The average Bonchev–Trinajstić information content (AvgIpc) is 3.32. The molecule has 42 heavy (non-hydrogen) atoms. The first-order chi connectivity index (χ1) is 20.5. The first-order valence-electron chi connectivity index (χ1n) is 14.3. The van der Waals surface area contributed by atoms with Crippen molar-refractivity contribution in [1.29, 1.82) is 0 Å². The Bertz CT molecular complexity index is 1540. The van der Waals surface area contributed by atoms with E-state index in [1.165, 1.54) is 24.3 Å². The van der Waals surface area contributed by atoms with Crippen LogP contribution in [0.25, 0.3) is 0 Å². The molecule has 0 saturated carbocycles. The van der Waals surface area contributed by atoms with Crippen LogP contribution in [-0.4, -0.2) is 58.8 Å². The third kappa shape index (κ3) is 5.67. The molecule has 1 aromatic heterocycles. The smallest absolute Gasteiger partial charge is 0.265 e. The molecule has 0 bridgehead atoms. The fourth-order valence-electron chi connectivity index (χ4n) is 5.80. The van der Waals surface area contributed by atoms with E-state index in [0.717, 1.165) is 38.2 Å². The van der Waals surface area contributed by atoms with E-state index < -0.39 is 17.2 Å². The summed E-state index contributed by atoms with van der Waals surface area (Å²) in [5.41, 5.74) is -0.160. The number of ether oxygens (including phenoxy) is 1. The second-order valence-corrected chi connectivity index (χ2v) is 10.7. The minimum atomic E-state index is -1.56. The van der Waals surface area contributed by atoms with Gasteiger partial charge in [-0.15, -0.1) is 0 Å². The molecule has 3 heterocycles. The van der Waals surface area contributed by atoms with Crippen molar-refractivity contribution in [3.63, 3.8) is 0 Å². The van der Waals surface area contributed by atoms with Crippen molar-refractivity contribution in [3.8, 4) is 5.75 Å². The molecule has 0 aliphatic carbocycles. The van der Waals surface area contributed by atoms with Crippen LogP contribution < -0.4 is 4.74 Å². The zero-order valence-corrected chi connectivity index (χ0v) is 23.2. The highest BCUT2D eigenvalue weighted by Gasteiger charge is 2.51. The van der Waals surface area contributed by atoms with Crippen molar-refractivity contribution in [1.82, 2.24) is 14.8 Å². The number of amides is 1. The van der Waals surface area contributed by atoms with Crippen LogP contribution in [0.2, 0.25) is 0 Å². The second kappa shape index (κ2) is 12.2. The summed E-state index contributed by atoms with van der Waals surface area (Å²) >= 11 is 0. The van der Waals surface area contributed by atoms with Crippen LogP contribution in [0.5, 0.6) is 5.75 Å². The van der Waals surface area contributed by atoms with Gasteiger partial charge in [0.25, 0.3) is 5.91 Å². The predicted molar refractivity (Wildman–Crippen MR) is 157 cm³/mol. The molecule has 1 amide bonds. The van der Waals surface area contributed by atoms with Gasteiger partial charge in [0, 0.05) is 25.8 Å². The normalized spacial score (nSPS) is 19.6. The molecule has 0 N–H and O–H groups in total. The van der Waals surface area contributed by atoms with Crippen LogP contribution in [0, 0.1) is 11.6 Å². The van der Waals surface area contributed by atoms with Crippen LogP contribution in [0.15, 0.2) is 108 Å². The average molecular weight is 567 g/mol. The lowest BCUT2D eigenvalue weighted by Gasteiger charge is -2.32. The summed E-state index contributed by atoms with van der Waals surface area (Å²) in [6, 6.07) is 26.9. The Morgan fingerprint density at radius 1 is 0.810 bits per heavy atom. The Balaban J connectivity index is 1.22. The van der Waals surface area contributed by atoms with E-state index in [2.05, 4.69) is 9.88 Å². The summed E-state index contributed by atoms with van der Waals surface area (Å²) in [7, 11) is 0. The Labute approximate surface area is 244 Å². The van der Waals surface area contributed by atoms with Gasteiger partial charge >= 0.3 is 0 Å². The summed E-state index contributed by atoms with van der Waals surface area (Å²) in [5.74, 6) is 0.101. The molecule has 0 radical (unpaired) electrons. The maximum Gasteiger partial charge on any atom is 0.265 e. The molecule has 6 rings (SSSR count). The van der Waals surface area contributed by atoms with E-state index in [0.29, 0.717) is 35.6 Å². The molecule has 214 valence electrons. The van der Waals surface area contributed by atoms with Crippen molar-refractivity contribution in [2.75, 3.05) is 26.2 Å². The molecule has 2 aliphatic rings. The van der Waals surface area contributed by atoms with Crippen molar-refractivity contribution in [3.05, 3.63) is 132 Å². The number of amidine groups is 1. The molecule has 3 aromatic carbocycles. The molecule has 1 unspecified atom stereocenters. The number of benzene rings is 3. The summed E-state index contributed by atoms with van der Waals surface area (Å²) in [6.45, 7) is 3.04. The topological polar surface area (TPSA) is 58.0 Å². The van der Waals surface area contributed by atoms with Gasteiger partial charge in [-0.3, -0.25) is 14.7 Å². The maximum absolute atomic E-state index is 14.5. The van der Waals surface area contributed by atoms with Gasteiger partial charge < -0.3 is 9.64 Å². The third-order valence-electron chi connectivity index (χ3n) is 7.92. The van der Waals surface area contributed by atoms with Gasteiger partial charge in [0.05, 0.1) is 0 Å². The molecule has 4 aromatic rings. The molecular formula is C34H32F2N4O2. The van der Waals surface area contributed by atoms with Gasteiger partial charge in [-0.1, -0.05) is 48.5 Å². The van der Waals surface area contributed by atoms with Crippen molar-refractivity contribution < 1.29 is 18.3 Å². The molecule has 8 heteroatoms. The number of pyridine rings is 1. The number of aliphatic imine (C=N–C) groups is 1. The summed E-state index contributed by atoms with van der Waals surface area (Å²) < 4.78 is 34.6. The first kappa shape index (κ1) is 27.7. The van der Waals surface area contributed by atoms with Crippen LogP contribution in [-0.2, 0) is 10.3 Å². The number of para-hydroxylation sites is 1. The summed E-state index contributed by atoms with van der Waals surface area (Å²) in [5, 5.41) is 0. The van der Waals surface area contributed by atoms with Gasteiger partial charge in [0.15, 0.2) is 11.4 Å². The second-order valence-electron chi connectivity index (χ2n) is 10.7. The van der Waals surface area contributed by atoms with E-state index in [-0.39, 0.29) is 12.0 Å². The molecule has 1 saturated heterocycles. The standard InChI is InChI=1S/C34H32F2N4O2/c35-27-15-13-25(14-16-27)34(26-8-6-9-28(36)24-26)33(41)40(32(38-34)31-12-4-5-19-37-31)21-7-20-39-22-17-30(18-23-39)42-29-10-2-1-3-11-29/h1-6,8-16,19,24,30H,7,17-18,20-23H2. The molecule has 1 fully saturated rings. The number of hydrogen-bond donors (Lipinski definition) is 0. The van der Waals surface area contributed by atoms with E-state index in [9.17, 15) is 13.6 Å². The number of nitrogens with zero attached hydrogens (tertiary/aromatic N) is 4. The Morgan fingerprint density at radius 3 is 2.29 bits per heavy atom. The predicted octanol–water partition coefficient (Wildman–Crippen LogP) is 5.83. The number of piperidine rings is 1. The highest BCUT2D eigenvalue weighted by Crippen LogP contribution is 2.41. The SMILES string of the molecule is O=C1N(CCCN2CCC(Oc3ccccc3)CC2)C(c2ccccn2)=NC1(c1ccc(F)cc1)c1cccc(F)c1. The minimum Gasteiger partial charge on any atom is -0.490 e. The first-order valence-corrected chi connectivity index (χ1v) is 14.3. The number of aromatic nitrogens is 1. The van der Waals surface area contributed by atoms with Crippen molar-refractivity contribution >= 4 is 11.7 Å². The zero-order valence-electron chi connectivity index (χ0n) is 23.2. The van der Waals surface area contributed by atoms with Crippen LogP contribution >= 0.6 is 0 Å². The highest BCUT2D eigenvalue weighted by atomic mass is 19.1. The lowest BCUT2D eigenvalue weighted by molar-refractivity contribution is -0.130. The number of carbonyl (C=O) groups excluding carboxylic acids is 1. The van der Waals surface area contributed by atoms with Gasteiger partial charge in [-0.2, -0.15) is 0 Å². The van der Waals surface area contributed by atoms with E-state index in [1.807, 2.05) is 42.5 Å². The van der Waals surface area contributed by atoms with Crippen LogP contribution in [0.1, 0.15) is 36.1 Å². The van der Waals surface area contributed by atoms with Crippen molar-refractivity contribution in [2.45, 2.75) is 30.9 Å². The number of hydrogen-bond acceptors (Lipinski definition) is 5. The lowest BCUT2D eigenvalue weighted by atomic mass is 9.82. The van der Waals surface area contributed by atoms with Crippen molar-refractivity contribution in [2.24, 2.45) is 4.99 Å². The maximum atomic E-state index is 14.5. The molecule has 6 nitrogen and oxygen atoms in total. The molecule has 1 atom stereocenters. The van der Waals surface area contributed by atoms with E-state index in [4.69, 9.17) is 9.73 Å². The third-order valence-corrected chi connectivity index (χ3v) is 7.92. The number of rotatable bonds is 9. The summed E-state index contributed by atoms with van der Waals surface area (Å²) in [6.07, 6.45) is 4.43. The quantitative estimate of drug-likeness (QED) is 0.256. The van der Waals surface area contributed by atoms with Crippen LogP contribution in [0.3, 0.4) is 0 Å². The highest BCUT2D eigenvalue weighted by molar-refractivity contribution is 6.16. The number of likely N-dealkylation sites (tertiary alicyclic amines) is 1. The zero-order chi connectivity index (χ0) is 28.9. The fourth-order valence-corrected chi connectivity index (χ4v) is 5.80. The molecular weight excluding hydrogens is 534 g/mol. The largest absolute Gasteiger partial charge is 0.490 e. The minimum absolute atomic E-state index is 0.189. The fraction of sp³-hybridized carbons (Fsp3) is 0.265. The Hall–Kier alpha value is -4.43.